The van der Waals surface area contributed by atoms with Gasteiger partial charge in [-0.2, -0.15) is 0 Å². The molecule has 0 heterocycles. The van der Waals surface area contributed by atoms with Gasteiger partial charge < -0.3 is 5.32 Å². The molecule has 0 amide bonds. The molecule has 0 aliphatic rings. The van der Waals surface area contributed by atoms with E-state index in [1.807, 2.05) is 0 Å². The van der Waals surface area contributed by atoms with E-state index in [0.29, 0.717) is 12.1 Å². The van der Waals surface area contributed by atoms with Crippen molar-refractivity contribution in [2.75, 3.05) is 13.1 Å². The third-order valence-electron chi connectivity index (χ3n) is 3.10. The average molecular weight is 242 g/mol. The molecule has 17 heavy (non-hydrogen) atoms. The first kappa shape index (κ1) is 16.9. The van der Waals surface area contributed by atoms with Gasteiger partial charge in [0, 0.05) is 24.2 Å². The van der Waals surface area contributed by atoms with E-state index in [1.165, 1.54) is 25.8 Å². The third kappa shape index (κ3) is 7.77. The summed E-state index contributed by atoms with van der Waals surface area (Å²) in [5, 5.41) is 3.66. The van der Waals surface area contributed by atoms with Gasteiger partial charge in [-0.25, -0.2) is 0 Å². The molecule has 0 aromatic rings. The minimum absolute atomic E-state index is 0.223. The van der Waals surface area contributed by atoms with Gasteiger partial charge in [-0.05, 0) is 54.0 Å². The Bertz CT molecular complexity index is 182. The van der Waals surface area contributed by atoms with Crippen LogP contribution in [0.5, 0.6) is 0 Å². The lowest BCUT2D eigenvalue weighted by Gasteiger charge is -2.36. The zero-order valence-corrected chi connectivity index (χ0v) is 13.1. The fourth-order valence-electron chi connectivity index (χ4n) is 2.26. The van der Waals surface area contributed by atoms with Crippen molar-refractivity contribution in [3.63, 3.8) is 0 Å². The van der Waals surface area contributed by atoms with Crippen LogP contribution in [-0.4, -0.2) is 35.6 Å². The van der Waals surface area contributed by atoms with Crippen molar-refractivity contribution in [2.24, 2.45) is 0 Å². The minimum Gasteiger partial charge on any atom is -0.311 e. The maximum absolute atomic E-state index is 3.66. The van der Waals surface area contributed by atoms with Crippen molar-refractivity contribution < 1.29 is 0 Å². The highest BCUT2D eigenvalue weighted by Crippen LogP contribution is 2.13. The molecule has 1 unspecified atom stereocenters. The lowest BCUT2D eigenvalue weighted by atomic mass is 10.0. The Morgan fingerprint density at radius 3 is 2.00 bits per heavy atom. The Balaban J connectivity index is 4.45. The second-order valence-corrected chi connectivity index (χ2v) is 6.40. The fraction of sp³-hybridized carbons (Fsp3) is 1.00. The second kappa shape index (κ2) is 8.10. The zero-order chi connectivity index (χ0) is 13.5. The summed E-state index contributed by atoms with van der Waals surface area (Å²) in [7, 11) is 0. The van der Waals surface area contributed by atoms with E-state index < -0.39 is 0 Å². The smallest absolute Gasteiger partial charge is 0.0223 e. The van der Waals surface area contributed by atoms with Gasteiger partial charge in [-0.3, -0.25) is 4.90 Å². The topological polar surface area (TPSA) is 15.3 Å². The molecule has 0 aliphatic heterocycles. The lowest BCUT2D eigenvalue weighted by Crippen LogP contribution is -2.50. The molecule has 0 radical (unpaired) electrons. The fourth-order valence-corrected chi connectivity index (χ4v) is 2.26. The highest BCUT2D eigenvalue weighted by molar-refractivity contribution is 4.80. The predicted octanol–water partition coefficient (Wildman–Crippen LogP) is 3.66. The number of nitrogens with one attached hydrogen (secondary N) is 1. The SMILES string of the molecule is CCCC(CNC(C)(C)C)N(CCC)C(C)C. The van der Waals surface area contributed by atoms with Crippen LogP contribution in [0, 0.1) is 0 Å². The lowest BCUT2D eigenvalue weighted by molar-refractivity contribution is 0.135. The third-order valence-corrected chi connectivity index (χ3v) is 3.10. The largest absolute Gasteiger partial charge is 0.311 e. The summed E-state index contributed by atoms with van der Waals surface area (Å²) in [6, 6.07) is 1.33. The first-order valence-corrected chi connectivity index (χ1v) is 7.32. The Morgan fingerprint density at radius 2 is 1.65 bits per heavy atom. The summed E-state index contributed by atoms with van der Waals surface area (Å²) in [5.74, 6) is 0. The normalized spacial score (nSPS) is 14.6. The van der Waals surface area contributed by atoms with Crippen molar-refractivity contribution in [1.82, 2.24) is 10.2 Å². The standard InChI is InChI=1S/C15H34N2/c1-8-10-14(12-16-15(5,6)7)17(11-9-2)13(3)4/h13-14,16H,8-12H2,1-7H3. The Labute approximate surface area is 109 Å². The van der Waals surface area contributed by atoms with Gasteiger partial charge in [0.2, 0.25) is 0 Å². The van der Waals surface area contributed by atoms with Crippen molar-refractivity contribution >= 4 is 0 Å². The second-order valence-electron chi connectivity index (χ2n) is 6.40. The van der Waals surface area contributed by atoms with Crippen LogP contribution in [0.25, 0.3) is 0 Å². The summed E-state index contributed by atoms with van der Waals surface area (Å²) in [5.41, 5.74) is 0.223. The molecule has 0 spiro atoms. The van der Waals surface area contributed by atoms with E-state index in [-0.39, 0.29) is 5.54 Å². The molecule has 1 N–H and O–H groups in total. The molecule has 0 aromatic heterocycles. The van der Waals surface area contributed by atoms with Crippen molar-refractivity contribution in [1.29, 1.82) is 0 Å². The van der Waals surface area contributed by atoms with Crippen LogP contribution in [-0.2, 0) is 0 Å². The molecule has 0 fully saturated rings. The molecule has 0 saturated carbocycles. The summed E-state index contributed by atoms with van der Waals surface area (Å²) in [6.45, 7) is 18.2. The van der Waals surface area contributed by atoms with Crippen molar-refractivity contribution in [3.8, 4) is 0 Å². The van der Waals surface area contributed by atoms with E-state index in [0.717, 1.165) is 6.54 Å². The molecule has 0 aromatic carbocycles. The van der Waals surface area contributed by atoms with Gasteiger partial charge >= 0.3 is 0 Å². The van der Waals surface area contributed by atoms with Crippen molar-refractivity contribution in [3.05, 3.63) is 0 Å². The van der Waals surface area contributed by atoms with Crippen LogP contribution in [0.4, 0.5) is 0 Å². The molecule has 0 rings (SSSR count). The van der Waals surface area contributed by atoms with Crippen LogP contribution < -0.4 is 5.32 Å². The van der Waals surface area contributed by atoms with Gasteiger partial charge in [0.05, 0.1) is 0 Å². The molecule has 1 atom stereocenters. The quantitative estimate of drug-likeness (QED) is 0.699. The van der Waals surface area contributed by atoms with Crippen LogP contribution >= 0.6 is 0 Å². The van der Waals surface area contributed by atoms with Gasteiger partial charge in [-0.15, -0.1) is 0 Å². The van der Waals surface area contributed by atoms with E-state index >= 15 is 0 Å². The highest BCUT2D eigenvalue weighted by atomic mass is 15.2. The Kier molecular flexibility index (Phi) is 8.06. The monoisotopic (exact) mass is 242 g/mol. The maximum atomic E-state index is 3.66. The van der Waals surface area contributed by atoms with E-state index in [9.17, 15) is 0 Å². The average Bonchev–Trinajstić information content (AvgIpc) is 2.19. The Morgan fingerprint density at radius 1 is 1.06 bits per heavy atom. The number of hydrogen-bond acceptors (Lipinski definition) is 2. The summed E-state index contributed by atoms with van der Waals surface area (Å²) in [4.78, 5) is 2.66. The van der Waals surface area contributed by atoms with E-state index in [2.05, 4.69) is 58.7 Å². The number of hydrogen-bond donors (Lipinski definition) is 1. The molecule has 0 bridgehead atoms. The molecule has 0 aliphatic carbocycles. The summed E-state index contributed by atoms with van der Waals surface area (Å²) < 4.78 is 0. The van der Waals surface area contributed by atoms with Crippen LogP contribution in [0.1, 0.15) is 67.7 Å². The maximum Gasteiger partial charge on any atom is 0.0223 e. The molecule has 104 valence electrons. The predicted molar refractivity (Wildman–Crippen MR) is 78.6 cm³/mol. The first-order valence-electron chi connectivity index (χ1n) is 7.32. The number of nitrogens with zero attached hydrogens (tertiary/aromatic N) is 1. The summed E-state index contributed by atoms with van der Waals surface area (Å²) in [6.07, 6.45) is 3.80. The molecular formula is C15H34N2. The molecule has 2 heteroatoms. The number of rotatable bonds is 8. The molecular weight excluding hydrogens is 208 g/mol. The minimum atomic E-state index is 0.223. The van der Waals surface area contributed by atoms with Gasteiger partial charge in [-0.1, -0.05) is 20.3 Å². The zero-order valence-electron chi connectivity index (χ0n) is 13.1. The van der Waals surface area contributed by atoms with Crippen LogP contribution in [0.3, 0.4) is 0 Å². The van der Waals surface area contributed by atoms with Gasteiger partial charge in [0.1, 0.15) is 0 Å². The first-order chi connectivity index (χ1) is 7.81. The van der Waals surface area contributed by atoms with Gasteiger partial charge in [0.25, 0.3) is 0 Å². The molecule has 0 saturated heterocycles. The molecule has 2 nitrogen and oxygen atoms in total. The Hall–Kier alpha value is -0.0800. The van der Waals surface area contributed by atoms with Crippen LogP contribution in [0.2, 0.25) is 0 Å². The van der Waals surface area contributed by atoms with Crippen LogP contribution in [0.15, 0.2) is 0 Å². The van der Waals surface area contributed by atoms with E-state index in [1.54, 1.807) is 0 Å². The summed E-state index contributed by atoms with van der Waals surface area (Å²) >= 11 is 0. The van der Waals surface area contributed by atoms with Gasteiger partial charge in [0.15, 0.2) is 0 Å². The van der Waals surface area contributed by atoms with Crippen molar-refractivity contribution in [2.45, 2.75) is 85.4 Å². The van der Waals surface area contributed by atoms with E-state index in [4.69, 9.17) is 0 Å². The highest BCUT2D eigenvalue weighted by Gasteiger charge is 2.21.